The standard InChI is InChI=1S/C15H29N3O.HI/c1-14(7-4-5-8-14)11-17-13(16-3)18-12-15(2)9-6-10-19-15;/h4-12H2,1-3H3,(H2,16,17,18);1H. The average molecular weight is 395 g/mol. The van der Waals surface area contributed by atoms with Crippen molar-refractivity contribution in [3.05, 3.63) is 0 Å². The quantitative estimate of drug-likeness (QED) is 0.437. The molecule has 0 radical (unpaired) electrons. The lowest BCUT2D eigenvalue weighted by Gasteiger charge is -2.27. The van der Waals surface area contributed by atoms with E-state index in [9.17, 15) is 0 Å². The van der Waals surface area contributed by atoms with Crippen LogP contribution in [0.5, 0.6) is 0 Å². The van der Waals surface area contributed by atoms with Gasteiger partial charge in [-0.25, -0.2) is 0 Å². The number of hydrogen-bond acceptors (Lipinski definition) is 2. The number of aliphatic imine (C=N–C) groups is 1. The van der Waals surface area contributed by atoms with E-state index < -0.39 is 0 Å². The first-order valence-electron chi connectivity index (χ1n) is 7.64. The number of hydrogen-bond donors (Lipinski definition) is 2. The number of ether oxygens (including phenoxy) is 1. The van der Waals surface area contributed by atoms with Crippen molar-refractivity contribution in [3.63, 3.8) is 0 Å². The molecule has 118 valence electrons. The Morgan fingerprint density at radius 3 is 2.25 bits per heavy atom. The van der Waals surface area contributed by atoms with Gasteiger partial charge in [-0.2, -0.15) is 0 Å². The van der Waals surface area contributed by atoms with Crippen LogP contribution >= 0.6 is 24.0 Å². The van der Waals surface area contributed by atoms with Crippen molar-refractivity contribution >= 4 is 29.9 Å². The number of halogens is 1. The lowest BCUT2D eigenvalue weighted by molar-refractivity contribution is 0.0242. The molecule has 4 nitrogen and oxygen atoms in total. The summed E-state index contributed by atoms with van der Waals surface area (Å²) < 4.78 is 5.79. The fourth-order valence-corrected chi connectivity index (χ4v) is 3.17. The van der Waals surface area contributed by atoms with Gasteiger partial charge in [0, 0.05) is 26.7 Å². The minimum Gasteiger partial charge on any atom is -0.373 e. The molecule has 1 aliphatic carbocycles. The Hall–Kier alpha value is -0.0400. The van der Waals surface area contributed by atoms with E-state index in [0.717, 1.165) is 32.1 Å². The predicted octanol–water partition coefficient (Wildman–Crippen LogP) is 2.92. The molecule has 20 heavy (non-hydrogen) atoms. The maximum absolute atomic E-state index is 5.79. The molecule has 0 amide bonds. The number of rotatable bonds is 4. The van der Waals surface area contributed by atoms with Crippen LogP contribution in [0.4, 0.5) is 0 Å². The van der Waals surface area contributed by atoms with E-state index >= 15 is 0 Å². The van der Waals surface area contributed by atoms with E-state index in [1.54, 1.807) is 0 Å². The molecular weight excluding hydrogens is 365 g/mol. The third kappa shape index (κ3) is 5.06. The maximum atomic E-state index is 5.79. The van der Waals surface area contributed by atoms with Crippen LogP contribution in [0.2, 0.25) is 0 Å². The Kier molecular flexibility index (Phi) is 7.04. The number of guanidine groups is 1. The van der Waals surface area contributed by atoms with Gasteiger partial charge in [0.05, 0.1) is 5.60 Å². The summed E-state index contributed by atoms with van der Waals surface area (Å²) >= 11 is 0. The molecule has 1 saturated heterocycles. The number of nitrogens with one attached hydrogen (secondary N) is 2. The van der Waals surface area contributed by atoms with E-state index in [2.05, 4.69) is 29.5 Å². The second-order valence-electron chi connectivity index (χ2n) is 6.70. The van der Waals surface area contributed by atoms with Gasteiger partial charge < -0.3 is 15.4 Å². The Balaban J connectivity index is 0.00000200. The SMILES string of the molecule is CN=C(NCC1(C)CCCC1)NCC1(C)CCCO1.I. The molecule has 1 unspecified atom stereocenters. The van der Waals surface area contributed by atoms with Gasteiger partial charge in [0.1, 0.15) is 0 Å². The van der Waals surface area contributed by atoms with Crippen molar-refractivity contribution < 1.29 is 4.74 Å². The van der Waals surface area contributed by atoms with Gasteiger partial charge in [0.2, 0.25) is 0 Å². The normalized spacial score (nSPS) is 29.1. The van der Waals surface area contributed by atoms with Crippen LogP contribution in [0.1, 0.15) is 52.4 Å². The van der Waals surface area contributed by atoms with Crippen LogP contribution < -0.4 is 10.6 Å². The minimum absolute atomic E-state index is 0. The van der Waals surface area contributed by atoms with Crippen LogP contribution in [0.15, 0.2) is 4.99 Å². The summed E-state index contributed by atoms with van der Waals surface area (Å²) in [5.74, 6) is 0.907. The molecule has 5 heteroatoms. The molecule has 1 saturated carbocycles. The Morgan fingerprint density at radius 2 is 1.70 bits per heavy atom. The third-order valence-corrected chi connectivity index (χ3v) is 4.65. The summed E-state index contributed by atoms with van der Waals surface area (Å²) in [5, 5.41) is 6.88. The fraction of sp³-hybridized carbons (Fsp3) is 0.933. The van der Waals surface area contributed by atoms with Gasteiger partial charge in [-0.15, -0.1) is 24.0 Å². The van der Waals surface area contributed by atoms with Crippen LogP contribution in [0.3, 0.4) is 0 Å². The molecule has 1 heterocycles. The topological polar surface area (TPSA) is 45.7 Å². The molecule has 0 bridgehead atoms. The van der Waals surface area contributed by atoms with E-state index in [-0.39, 0.29) is 29.6 Å². The van der Waals surface area contributed by atoms with Crippen LogP contribution in [0, 0.1) is 5.41 Å². The lowest BCUT2D eigenvalue weighted by Crippen LogP contribution is -2.47. The van der Waals surface area contributed by atoms with Gasteiger partial charge in [0.25, 0.3) is 0 Å². The fourth-order valence-electron chi connectivity index (χ4n) is 3.17. The van der Waals surface area contributed by atoms with Crippen molar-refractivity contribution in [2.24, 2.45) is 10.4 Å². The van der Waals surface area contributed by atoms with Crippen molar-refractivity contribution in [2.45, 2.75) is 58.0 Å². The minimum atomic E-state index is -0.0190. The summed E-state index contributed by atoms with van der Waals surface area (Å²) in [6.45, 7) is 7.30. The zero-order valence-corrected chi connectivity index (χ0v) is 15.5. The average Bonchev–Trinajstić information content (AvgIpc) is 3.00. The van der Waals surface area contributed by atoms with Gasteiger partial charge in [0.15, 0.2) is 5.96 Å². The summed E-state index contributed by atoms with van der Waals surface area (Å²) in [4.78, 5) is 4.31. The van der Waals surface area contributed by atoms with Crippen molar-refractivity contribution in [1.29, 1.82) is 0 Å². The summed E-state index contributed by atoms with van der Waals surface area (Å²) in [6.07, 6.45) is 7.71. The Morgan fingerprint density at radius 1 is 1.05 bits per heavy atom. The Bertz CT molecular complexity index is 293. The first-order chi connectivity index (χ1) is 9.05. The van der Waals surface area contributed by atoms with E-state index in [1.165, 1.54) is 32.1 Å². The predicted molar refractivity (Wildman–Crippen MR) is 94.9 cm³/mol. The van der Waals surface area contributed by atoms with Gasteiger partial charge in [-0.05, 0) is 38.0 Å². The van der Waals surface area contributed by atoms with Crippen LogP contribution in [-0.4, -0.2) is 38.3 Å². The number of nitrogens with zero attached hydrogens (tertiary/aromatic N) is 1. The second-order valence-corrected chi connectivity index (χ2v) is 6.70. The molecule has 2 rings (SSSR count). The first-order valence-corrected chi connectivity index (χ1v) is 7.64. The highest BCUT2D eigenvalue weighted by Crippen LogP contribution is 2.36. The largest absolute Gasteiger partial charge is 0.373 e. The van der Waals surface area contributed by atoms with Crippen LogP contribution in [0.25, 0.3) is 0 Å². The summed E-state index contributed by atoms with van der Waals surface area (Å²) in [5.41, 5.74) is 0.431. The molecule has 1 aliphatic heterocycles. The molecule has 2 fully saturated rings. The molecule has 0 spiro atoms. The highest BCUT2D eigenvalue weighted by Gasteiger charge is 2.31. The summed E-state index contributed by atoms with van der Waals surface area (Å²) in [6, 6.07) is 0. The molecule has 0 aromatic rings. The van der Waals surface area contributed by atoms with Crippen molar-refractivity contribution in [2.75, 3.05) is 26.7 Å². The highest BCUT2D eigenvalue weighted by atomic mass is 127. The monoisotopic (exact) mass is 395 g/mol. The molecule has 2 aliphatic rings. The lowest BCUT2D eigenvalue weighted by atomic mass is 9.89. The second kappa shape index (κ2) is 7.82. The van der Waals surface area contributed by atoms with Gasteiger partial charge >= 0.3 is 0 Å². The van der Waals surface area contributed by atoms with Crippen molar-refractivity contribution in [1.82, 2.24) is 10.6 Å². The molecule has 0 aromatic carbocycles. The third-order valence-electron chi connectivity index (χ3n) is 4.65. The van der Waals surface area contributed by atoms with Gasteiger partial charge in [-0.3, -0.25) is 4.99 Å². The van der Waals surface area contributed by atoms with Gasteiger partial charge in [-0.1, -0.05) is 19.8 Å². The molecular formula is C15H30IN3O. The zero-order valence-electron chi connectivity index (χ0n) is 13.1. The Labute approximate surface area is 140 Å². The maximum Gasteiger partial charge on any atom is 0.191 e. The molecule has 0 aromatic heterocycles. The van der Waals surface area contributed by atoms with E-state index in [1.807, 2.05) is 7.05 Å². The summed E-state index contributed by atoms with van der Waals surface area (Å²) in [7, 11) is 1.84. The smallest absolute Gasteiger partial charge is 0.191 e. The molecule has 2 N–H and O–H groups in total. The molecule has 1 atom stereocenters. The van der Waals surface area contributed by atoms with Crippen LogP contribution in [-0.2, 0) is 4.74 Å². The highest BCUT2D eigenvalue weighted by molar-refractivity contribution is 14.0. The first kappa shape index (κ1) is 18.0. The van der Waals surface area contributed by atoms with E-state index in [4.69, 9.17) is 4.74 Å². The zero-order chi connectivity index (χ0) is 13.8. The van der Waals surface area contributed by atoms with E-state index in [0.29, 0.717) is 5.41 Å². The van der Waals surface area contributed by atoms with Crippen molar-refractivity contribution in [3.8, 4) is 0 Å².